The first-order valence-corrected chi connectivity index (χ1v) is 10.9. The first-order chi connectivity index (χ1) is 15.3. The summed E-state index contributed by atoms with van der Waals surface area (Å²) in [5.74, 6) is 1.10. The summed E-state index contributed by atoms with van der Waals surface area (Å²) in [6, 6.07) is 9.23. The van der Waals surface area contributed by atoms with Crippen molar-refractivity contribution in [1.29, 1.82) is 0 Å². The van der Waals surface area contributed by atoms with E-state index < -0.39 is 11.7 Å². The fourth-order valence-corrected chi connectivity index (χ4v) is 4.86. The lowest BCUT2D eigenvalue weighted by molar-refractivity contribution is -0.137. The minimum atomic E-state index is -4.41. The monoisotopic (exact) mass is 446 g/mol. The van der Waals surface area contributed by atoms with Gasteiger partial charge in [0.15, 0.2) is 0 Å². The van der Waals surface area contributed by atoms with Gasteiger partial charge in [-0.15, -0.1) is 0 Å². The smallest absolute Gasteiger partial charge is 0.416 e. The Hall–Kier alpha value is -2.97. The first kappa shape index (κ1) is 20.9. The third-order valence-corrected chi connectivity index (χ3v) is 6.69. The predicted octanol–water partition coefficient (Wildman–Crippen LogP) is 4.42. The number of halogens is 3. The van der Waals surface area contributed by atoms with Crippen LogP contribution in [-0.2, 0) is 6.18 Å². The molecule has 2 N–H and O–H groups in total. The number of aromatic nitrogens is 1. The van der Waals surface area contributed by atoms with Gasteiger partial charge in [-0.05, 0) is 43.9 Å². The van der Waals surface area contributed by atoms with E-state index in [1.165, 1.54) is 6.20 Å². The summed E-state index contributed by atoms with van der Waals surface area (Å²) in [5.41, 5.74) is 0.0622. The van der Waals surface area contributed by atoms with E-state index in [0.29, 0.717) is 19.5 Å². The second-order valence-electron chi connectivity index (χ2n) is 8.88. The van der Waals surface area contributed by atoms with Crippen LogP contribution in [0.2, 0.25) is 0 Å². The average Bonchev–Trinajstić information content (AvgIpc) is 3.20. The van der Waals surface area contributed by atoms with Gasteiger partial charge in [-0.2, -0.15) is 13.2 Å². The van der Waals surface area contributed by atoms with Crippen LogP contribution in [0.1, 0.15) is 49.3 Å². The van der Waals surface area contributed by atoms with Crippen LogP contribution < -0.4 is 20.3 Å². The second kappa shape index (κ2) is 7.86. The highest BCUT2D eigenvalue weighted by atomic mass is 19.4. The molecule has 170 valence electrons. The van der Waals surface area contributed by atoms with Gasteiger partial charge in [0.25, 0.3) is 0 Å². The van der Waals surface area contributed by atoms with Crippen molar-refractivity contribution in [2.75, 3.05) is 18.0 Å². The molecule has 5 rings (SSSR count). The molecule has 2 aliphatic heterocycles. The number of alkyl halides is 3. The number of nitrogens with one attached hydrogen (secondary N) is 2. The molecule has 2 amide bonds. The van der Waals surface area contributed by atoms with Crippen molar-refractivity contribution < 1.29 is 22.7 Å². The van der Waals surface area contributed by atoms with Gasteiger partial charge >= 0.3 is 12.2 Å². The Labute approximate surface area is 184 Å². The lowest BCUT2D eigenvalue weighted by atomic mass is 9.73. The number of carbonyl (C=O) groups is 1. The predicted molar refractivity (Wildman–Crippen MR) is 113 cm³/mol. The highest BCUT2D eigenvalue weighted by Gasteiger charge is 2.46. The standard InChI is InChI=1S/C23H25F3N4O2/c24-23(25,26)15-6-10-27-20(12-15)30-11-7-16(14-30)28-21(31)29-18-13-22(8-3-9-22)32-19-5-2-1-4-17(18)19/h1-2,4-6,10,12,16,18H,3,7-9,11,13-14H2,(H2,28,29,31)/t16-,18-/m1/s1. The van der Waals surface area contributed by atoms with Gasteiger partial charge in [-0.3, -0.25) is 0 Å². The number of amides is 2. The van der Waals surface area contributed by atoms with Gasteiger partial charge in [0.05, 0.1) is 11.6 Å². The Kier molecular flexibility index (Phi) is 5.14. The van der Waals surface area contributed by atoms with Crippen LogP contribution in [-0.4, -0.2) is 35.7 Å². The number of hydrogen-bond donors (Lipinski definition) is 2. The van der Waals surface area contributed by atoms with E-state index in [4.69, 9.17) is 4.74 Å². The summed E-state index contributed by atoms with van der Waals surface area (Å²) >= 11 is 0. The van der Waals surface area contributed by atoms with Crippen LogP contribution in [0.15, 0.2) is 42.6 Å². The van der Waals surface area contributed by atoms with Crippen molar-refractivity contribution in [3.8, 4) is 5.75 Å². The average molecular weight is 446 g/mol. The molecule has 1 aliphatic carbocycles. The Bertz CT molecular complexity index is 1010. The maximum atomic E-state index is 13.0. The number of nitrogens with zero attached hydrogens (tertiary/aromatic N) is 2. The zero-order valence-electron chi connectivity index (χ0n) is 17.5. The number of ether oxygens (including phenoxy) is 1. The number of pyridine rings is 1. The van der Waals surface area contributed by atoms with E-state index in [2.05, 4.69) is 15.6 Å². The lowest BCUT2D eigenvalue weighted by Gasteiger charge is -2.48. The molecule has 2 aromatic rings. The Morgan fingerprint density at radius 1 is 1.19 bits per heavy atom. The van der Waals surface area contributed by atoms with E-state index in [1.54, 1.807) is 4.90 Å². The molecule has 1 aromatic heterocycles. The topological polar surface area (TPSA) is 66.5 Å². The van der Waals surface area contributed by atoms with E-state index in [-0.39, 0.29) is 29.5 Å². The van der Waals surface area contributed by atoms with Crippen LogP contribution in [0.5, 0.6) is 5.75 Å². The Balaban J connectivity index is 1.21. The lowest BCUT2D eigenvalue weighted by Crippen LogP contribution is -2.52. The fourth-order valence-electron chi connectivity index (χ4n) is 4.86. The van der Waals surface area contributed by atoms with Crippen molar-refractivity contribution >= 4 is 11.8 Å². The van der Waals surface area contributed by atoms with Gasteiger partial charge in [-0.1, -0.05) is 18.2 Å². The number of urea groups is 1. The van der Waals surface area contributed by atoms with Gasteiger partial charge in [-0.25, -0.2) is 9.78 Å². The van der Waals surface area contributed by atoms with Crippen LogP contribution in [0.4, 0.5) is 23.8 Å². The summed E-state index contributed by atoms with van der Waals surface area (Å²) in [6.45, 7) is 0.943. The van der Waals surface area contributed by atoms with Gasteiger partial charge in [0.1, 0.15) is 17.2 Å². The largest absolute Gasteiger partial charge is 0.487 e. The number of rotatable bonds is 3. The molecule has 0 bridgehead atoms. The molecule has 3 aliphatic rings. The third kappa shape index (κ3) is 4.08. The first-order valence-electron chi connectivity index (χ1n) is 10.9. The molecule has 32 heavy (non-hydrogen) atoms. The fraction of sp³-hybridized carbons (Fsp3) is 0.478. The quantitative estimate of drug-likeness (QED) is 0.732. The molecule has 1 saturated carbocycles. The maximum absolute atomic E-state index is 13.0. The molecule has 1 saturated heterocycles. The molecule has 3 heterocycles. The second-order valence-corrected chi connectivity index (χ2v) is 8.88. The van der Waals surface area contributed by atoms with E-state index in [1.807, 2.05) is 24.3 Å². The van der Waals surface area contributed by atoms with Crippen molar-refractivity contribution in [2.24, 2.45) is 0 Å². The van der Waals surface area contributed by atoms with E-state index in [9.17, 15) is 18.0 Å². The summed E-state index contributed by atoms with van der Waals surface area (Å²) < 4.78 is 45.2. The Morgan fingerprint density at radius 2 is 2.00 bits per heavy atom. The summed E-state index contributed by atoms with van der Waals surface area (Å²) in [5, 5.41) is 6.08. The van der Waals surface area contributed by atoms with Crippen LogP contribution >= 0.6 is 0 Å². The third-order valence-electron chi connectivity index (χ3n) is 6.69. The zero-order valence-corrected chi connectivity index (χ0v) is 17.5. The Morgan fingerprint density at radius 3 is 2.75 bits per heavy atom. The van der Waals surface area contributed by atoms with Gasteiger partial charge in [0, 0.05) is 37.3 Å². The molecule has 2 fully saturated rings. The minimum Gasteiger partial charge on any atom is -0.487 e. The maximum Gasteiger partial charge on any atom is 0.416 e. The SMILES string of the molecule is O=C(N[C@@H]1CCN(c2cc(C(F)(F)F)ccn2)C1)N[C@@H]1CC2(CCC2)Oc2ccccc21. The molecule has 6 nitrogen and oxygen atoms in total. The van der Waals surface area contributed by atoms with Crippen LogP contribution in [0.25, 0.3) is 0 Å². The number of carbonyl (C=O) groups excluding carboxylic acids is 1. The van der Waals surface area contributed by atoms with Crippen LogP contribution in [0, 0.1) is 0 Å². The number of para-hydroxylation sites is 1. The molecular formula is C23H25F3N4O2. The van der Waals surface area contributed by atoms with Crippen molar-refractivity contribution in [1.82, 2.24) is 15.6 Å². The zero-order chi connectivity index (χ0) is 22.3. The number of fused-ring (bicyclic) bond motifs is 1. The van der Waals surface area contributed by atoms with Crippen molar-refractivity contribution in [3.63, 3.8) is 0 Å². The molecule has 0 unspecified atom stereocenters. The number of benzene rings is 1. The molecule has 2 atom stereocenters. The van der Waals surface area contributed by atoms with Crippen molar-refractivity contribution in [3.05, 3.63) is 53.7 Å². The molecule has 1 spiro atoms. The van der Waals surface area contributed by atoms with Gasteiger partial charge < -0.3 is 20.3 Å². The highest BCUT2D eigenvalue weighted by Crippen LogP contribution is 2.48. The molecular weight excluding hydrogens is 421 g/mol. The summed E-state index contributed by atoms with van der Waals surface area (Å²) in [7, 11) is 0. The minimum absolute atomic E-state index is 0.136. The summed E-state index contributed by atoms with van der Waals surface area (Å²) in [6.07, 6.45) is 1.24. The number of anilines is 1. The van der Waals surface area contributed by atoms with E-state index in [0.717, 1.165) is 49.1 Å². The van der Waals surface area contributed by atoms with Crippen molar-refractivity contribution in [2.45, 2.75) is 56.0 Å². The normalized spacial score (nSPS) is 23.8. The van der Waals surface area contributed by atoms with Gasteiger partial charge in [0.2, 0.25) is 0 Å². The molecule has 9 heteroatoms. The number of hydrogen-bond acceptors (Lipinski definition) is 4. The molecule has 1 aromatic carbocycles. The molecule has 0 radical (unpaired) electrons. The van der Waals surface area contributed by atoms with Crippen LogP contribution in [0.3, 0.4) is 0 Å². The summed E-state index contributed by atoms with van der Waals surface area (Å²) in [4.78, 5) is 18.6. The van der Waals surface area contributed by atoms with E-state index >= 15 is 0 Å². The highest BCUT2D eigenvalue weighted by molar-refractivity contribution is 5.75.